The molecule has 0 radical (unpaired) electrons. The lowest BCUT2D eigenvalue weighted by molar-refractivity contribution is -0.137. The Hall–Kier alpha value is -2.34. The van der Waals surface area contributed by atoms with E-state index in [0.717, 1.165) is 18.2 Å². The van der Waals surface area contributed by atoms with Crippen molar-refractivity contribution in [3.8, 4) is 0 Å². The predicted molar refractivity (Wildman–Crippen MR) is 80.5 cm³/mol. The number of hydrogen-bond acceptors (Lipinski definition) is 1. The van der Waals surface area contributed by atoms with Crippen molar-refractivity contribution in [2.75, 3.05) is 5.32 Å². The maximum Gasteiger partial charge on any atom is 0.417 e. The van der Waals surface area contributed by atoms with Gasteiger partial charge < -0.3 is 5.32 Å². The van der Waals surface area contributed by atoms with E-state index in [1.165, 1.54) is 36.4 Å². The predicted octanol–water partition coefficient (Wildman–Crippen LogP) is 5.15. The summed E-state index contributed by atoms with van der Waals surface area (Å²) in [6.45, 7) is 0. The molecule has 1 N–H and O–H groups in total. The van der Waals surface area contributed by atoms with Gasteiger partial charge in [-0.05, 0) is 42.0 Å². The molecule has 7 heteroatoms. The fourth-order valence-electron chi connectivity index (χ4n) is 1.75. The first-order valence-corrected chi connectivity index (χ1v) is 6.75. The minimum Gasteiger partial charge on any atom is -0.322 e. The zero-order valence-electron chi connectivity index (χ0n) is 11.5. The van der Waals surface area contributed by atoms with Crippen LogP contribution in [0.15, 0.2) is 48.5 Å². The van der Waals surface area contributed by atoms with Crippen molar-refractivity contribution in [1.29, 1.82) is 0 Å². The molecule has 1 amide bonds. The number of nitrogens with one attached hydrogen (secondary N) is 1. The lowest BCUT2D eigenvalue weighted by atomic mass is 10.2. The van der Waals surface area contributed by atoms with Crippen LogP contribution in [0, 0.1) is 5.82 Å². The fraction of sp³-hybridized carbons (Fsp3) is 0.0625. The Morgan fingerprint density at radius 3 is 2.35 bits per heavy atom. The molecule has 0 spiro atoms. The molecule has 0 bridgehead atoms. The Morgan fingerprint density at radius 1 is 1.09 bits per heavy atom. The number of anilines is 1. The zero-order valence-corrected chi connectivity index (χ0v) is 12.3. The number of hydrogen-bond donors (Lipinski definition) is 1. The molecule has 0 saturated heterocycles. The minimum atomic E-state index is -4.61. The van der Waals surface area contributed by atoms with Crippen molar-refractivity contribution < 1.29 is 22.4 Å². The van der Waals surface area contributed by atoms with Gasteiger partial charge in [-0.25, -0.2) is 4.39 Å². The van der Waals surface area contributed by atoms with Crippen molar-refractivity contribution in [3.05, 3.63) is 70.5 Å². The summed E-state index contributed by atoms with van der Waals surface area (Å²) < 4.78 is 50.9. The molecule has 0 atom stereocenters. The van der Waals surface area contributed by atoms with Gasteiger partial charge >= 0.3 is 6.18 Å². The van der Waals surface area contributed by atoms with Crippen molar-refractivity contribution in [2.45, 2.75) is 6.18 Å². The first-order chi connectivity index (χ1) is 10.8. The van der Waals surface area contributed by atoms with Gasteiger partial charge in [0, 0.05) is 11.8 Å². The third-order valence-corrected chi connectivity index (χ3v) is 3.17. The summed E-state index contributed by atoms with van der Waals surface area (Å²) in [6, 6.07) is 8.46. The van der Waals surface area contributed by atoms with Gasteiger partial charge in [-0.15, -0.1) is 0 Å². The van der Waals surface area contributed by atoms with E-state index in [9.17, 15) is 22.4 Å². The van der Waals surface area contributed by atoms with Crippen LogP contribution in [0.2, 0.25) is 5.02 Å². The summed E-state index contributed by atoms with van der Waals surface area (Å²) >= 11 is 5.49. The van der Waals surface area contributed by atoms with E-state index >= 15 is 0 Å². The molecule has 0 aliphatic carbocycles. The normalized spacial score (nSPS) is 11.7. The first-order valence-electron chi connectivity index (χ1n) is 6.37. The van der Waals surface area contributed by atoms with Crippen molar-refractivity contribution in [2.24, 2.45) is 0 Å². The van der Waals surface area contributed by atoms with Crippen LogP contribution < -0.4 is 5.32 Å². The molecule has 2 nitrogen and oxygen atoms in total. The molecule has 120 valence electrons. The second-order valence-electron chi connectivity index (χ2n) is 4.57. The van der Waals surface area contributed by atoms with E-state index in [1.54, 1.807) is 0 Å². The first kappa shape index (κ1) is 17.0. The van der Waals surface area contributed by atoms with Crippen LogP contribution >= 0.6 is 11.6 Å². The zero-order chi connectivity index (χ0) is 17.0. The topological polar surface area (TPSA) is 29.1 Å². The number of carbonyl (C=O) groups excluding carboxylic acids is 1. The fourth-order valence-corrected chi connectivity index (χ4v) is 1.97. The smallest absolute Gasteiger partial charge is 0.322 e. The third kappa shape index (κ3) is 4.82. The largest absolute Gasteiger partial charge is 0.417 e. The monoisotopic (exact) mass is 343 g/mol. The van der Waals surface area contributed by atoms with Gasteiger partial charge in [0.15, 0.2) is 0 Å². The molecule has 0 saturated carbocycles. The molecule has 0 fully saturated rings. The minimum absolute atomic E-state index is 0.0320. The van der Waals surface area contributed by atoms with Crippen LogP contribution in [-0.4, -0.2) is 5.91 Å². The molecule has 2 aromatic carbocycles. The lowest BCUT2D eigenvalue weighted by Crippen LogP contribution is -2.11. The quantitative estimate of drug-likeness (QED) is 0.606. The van der Waals surface area contributed by atoms with Crippen LogP contribution in [0.1, 0.15) is 11.1 Å². The summed E-state index contributed by atoms with van der Waals surface area (Å²) in [7, 11) is 0. The summed E-state index contributed by atoms with van der Waals surface area (Å²) in [5.74, 6) is -1.03. The maximum absolute atomic E-state index is 12.7. The molecular formula is C16H10ClF4NO. The highest BCUT2D eigenvalue weighted by atomic mass is 35.5. The maximum atomic E-state index is 12.7. The van der Waals surface area contributed by atoms with Gasteiger partial charge in [-0.1, -0.05) is 23.7 Å². The van der Waals surface area contributed by atoms with Gasteiger partial charge in [0.25, 0.3) is 0 Å². The molecule has 0 aliphatic heterocycles. The molecule has 23 heavy (non-hydrogen) atoms. The lowest BCUT2D eigenvalue weighted by Gasteiger charge is -2.11. The molecule has 0 heterocycles. The third-order valence-electron chi connectivity index (χ3n) is 2.84. The van der Waals surface area contributed by atoms with Gasteiger partial charge in [-0.3, -0.25) is 4.79 Å². The van der Waals surface area contributed by atoms with Crippen LogP contribution in [0.3, 0.4) is 0 Å². The summed E-state index contributed by atoms with van der Waals surface area (Å²) in [6.07, 6.45) is -2.06. The average Bonchev–Trinajstić information content (AvgIpc) is 2.47. The van der Waals surface area contributed by atoms with Crippen molar-refractivity contribution in [1.82, 2.24) is 0 Å². The average molecular weight is 344 g/mol. The molecule has 0 aliphatic rings. The number of alkyl halides is 3. The Labute approximate surface area is 134 Å². The van der Waals surface area contributed by atoms with Crippen LogP contribution in [-0.2, 0) is 11.0 Å². The van der Waals surface area contributed by atoms with Gasteiger partial charge in [0.1, 0.15) is 5.82 Å². The summed E-state index contributed by atoms with van der Waals surface area (Å²) in [4.78, 5) is 11.7. The summed E-state index contributed by atoms with van der Waals surface area (Å²) in [5, 5.41) is 1.86. The van der Waals surface area contributed by atoms with Crippen LogP contribution in [0.5, 0.6) is 0 Å². The van der Waals surface area contributed by atoms with E-state index in [4.69, 9.17) is 11.6 Å². The molecular weight excluding hydrogens is 334 g/mol. The Bertz CT molecular complexity index is 739. The number of carbonyl (C=O) groups is 1. The molecule has 0 aromatic heterocycles. The highest BCUT2D eigenvalue weighted by molar-refractivity contribution is 6.31. The molecule has 0 unspecified atom stereocenters. The van der Waals surface area contributed by atoms with E-state index in [2.05, 4.69) is 5.32 Å². The van der Waals surface area contributed by atoms with Crippen LogP contribution in [0.25, 0.3) is 6.08 Å². The standard InChI is InChI=1S/C16H10ClF4NO/c17-14-7-6-12(9-13(14)16(19,20)21)22-15(23)8-3-10-1-4-11(18)5-2-10/h1-9H,(H,22,23). The highest BCUT2D eigenvalue weighted by Gasteiger charge is 2.33. The van der Waals surface area contributed by atoms with E-state index in [-0.39, 0.29) is 5.69 Å². The Balaban J connectivity index is 2.10. The van der Waals surface area contributed by atoms with Gasteiger partial charge in [0.2, 0.25) is 5.91 Å². The number of rotatable bonds is 3. The van der Waals surface area contributed by atoms with Crippen LogP contribution in [0.4, 0.5) is 23.2 Å². The molecule has 2 rings (SSSR count). The summed E-state index contributed by atoms with van der Waals surface area (Å²) in [5.41, 5.74) is -0.483. The molecule has 2 aromatic rings. The van der Waals surface area contributed by atoms with E-state index in [1.807, 2.05) is 0 Å². The SMILES string of the molecule is O=C(C=Cc1ccc(F)cc1)Nc1ccc(Cl)c(C(F)(F)F)c1. The van der Waals surface area contributed by atoms with E-state index < -0.39 is 28.5 Å². The number of benzene rings is 2. The van der Waals surface area contributed by atoms with Gasteiger partial charge in [-0.2, -0.15) is 13.2 Å². The Morgan fingerprint density at radius 2 is 1.74 bits per heavy atom. The highest BCUT2D eigenvalue weighted by Crippen LogP contribution is 2.36. The van der Waals surface area contributed by atoms with E-state index in [0.29, 0.717) is 5.56 Å². The number of amides is 1. The Kier molecular flexibility index (Phi) is 5.05. The van der Waals surface area contributed by atoms with Gasteiger partial charge in [0.05, 0.1) is 10.6 Å². The van der Waals surface area contributed by atoms with Crippen molar-refractivity contribution in [3.63, 3.8) is 0 Å². The number of halogens is 5. The van der Waals surface area contributed by atoms with Crippen molar-refractivity contribution >= 4 is 29.3 Å². The second-order valence-corrected chi connectivity index (χ2v) is 4.97. The second kappa shape index (κ2) is 6.83.